The Morgan fingerprint density at radius 2 is 1.81 bits per heavy atom. The van der Waals surface area contributed by atoms with E-state index in [1.54, 1.807) is 12.1 Å². The average molecular weight is 489 g/mol. The summed E-state index contributed by atoms with van der Waals surface area (Å²) in [4.78, 5) is 38.5. The Morgan fingerprint density at radius 1 is 1.10 bits per heavy atom. The van der Waals surface area contributed by atoms with Crippen LogP contribution in [0, 0.1) is 0 Å². The Hall–Kier alpha value is -3.33. The number of ether oxygens (including phenoxy) is 2. The molecular weight excluding hydrogens is 468 g/mol. The maximum Gasteiger partial charge on any atom is 0.335 e. The fourth-order valence-electron chi connectivity index (χ4n) is 2.94. The molecule has 1 aliphatic rings. The molecule has 0 bridgehead atoms. The lowest BCUT2D eigenvalue weighted by Gasteiger charge is -2.26. The van der Waals surface area contributed by atoms with Crippen molar-refractivity contribution in [2.45, 2.75) is 20.3 Å². The third kappa shape index (κ3) is 4.88. The van der Waals surface area contributed by atoms with Gasteiger partial charge in [-0.3, -0.25) is 14.9 Å². The fourth-order valence-corrected chi connectivity index (χ4v) is 3.51. The molecule has 31 heavy (non-hydrogen) atoms. The topological polar surface area (TPSA) is 105 Å². The van der Waals surface area contributed by atoms with E-state index in [4.69, 9.17) is 9.47 Å². The van der Waals surface area contributed by atoms with E-state index in [-0.39, 0.29) is 17.0 Å². The highest BCUT2D eigenvalue weighted by Crippen LogP contribution is 2.38. The molecule has 0 unspecified atom stereocenters. The number of halogens is 1. The highest BCUT2D eigenvalue weighted by atomic mass is 79.9. The Kier molecular flexibility index (Phi) is 6.96. The molecule has 2 aromatic rings. The maximum absolute atomic E-state index is 13.0. The second-order valence-electron chi connectivity index (χ2n) is 6.59. The number of phenolic OH excluding ortho intramolecular Hbond substituents is 1. The second-order valence-corrected chi connectivity index (χ2v) is 7.44. The largest absolute Gasteiger partial charge is 0.508 e. The standard InChI is InChI=1S/C22H21BrN2O6/c1-3-9-31-19-17(23)11-13(12-18(19)30-4-2)10-16-20(27)24-22(29)25(21(16)28)14-5-7-15(26)8-6-14/h5-8,10-12,26H,3-4,9H2,1-2H3,(H,24,27,29)/b16-10+. The molecule has 2 aromatic carbocycles. The van der Waals surface area contributed by atoms with E-state index in [2.05, 4.69) is 21.2 Å². The summed E-state index contributed by atoms with van der Waals surface area (Å²) >= 11 is 3.45. The van der Waals surface area contributed by atoms with Crippen LogP contribution in [0.15, 0.2) is 46.4 Å². The minimum atomic E-state index is -0.864. The Balaban J connectivity index is 2.00. The molecule has 4 amide bonds. The molecule has 0 aliphatic carbocycles. The molecule has 2 N–H and O–H groups in total. The lowest BCUT2D eigenvalue weighted by molar-refractivity contribution is -0.122. The van der Waals surface area contributed by atoms with Crippen LogP contribution in [0.2, 0.25) is 0 Å². The number of amides is 4. The van der Waals surface area contributed by atoms with Crippen molar-refractivity contribution < 1.29 is 29.0 Å². The summed E-state index contributed by atoms with van der Waals surface area (Å²) in [6.07, 6.45) is 2.20. The number of imide groups is 2. The molecule has 162 valence electrons. The number of nitrogens with one attached hydrogen (secondary N) is 1. The van der Waals surface area contributed by atoms with Gasteiger partial charge in [-0.1, -0.05) is 6.92 Å². The number of hydrogen-bond acceptors (Lipinski definition) is 6. The zero-order valence-corrected chi connectivity index (χ0v) is 18.6. The number of carbonyl (C=O) groups excluding carboxylic acids is 3. The highest BCUT2D eigenvalue weighted by Gasteiger charge is 2.36. The predicted molar refractivity (Wildman–Crippen MR) is 118 cm³/mol. The average Bonchev–Trinajstić information content (AvgIpc) is 2.72. The van der Waals surface area contributed by atoms with E-state index >= 15 is 0 Å². The SMILES string of the molecule is CCCOc1c(Br)cc(/C=C2\C(=O)NC(=O)N(c3ccc(O)cc3)C2=O)cc1OCC. The van der Waals surface area contributed by atoms with Crippen LogP contribution in [-0.4, -0.2) is 36.2 Å². The third-order valence-electron chi connectivity index (χ3n) is 4.30. The van der Waals surface area contributed by atoms with Gasteiger partial charge in [0, 0.05) is 0 Å². The van der Waals surface area contributed by atoms with E-state index in [9.17, 15) is 19.5 Å². The van der Waals surface area contributed by atoms with Gasteiger partial charge in [-0.2, -0.15) is 0 Å². The molecule has 0 atom stereocenters. The van der Waals surface area contributed by atoms with E-state index in [0.29, 0.717) is 34.7 Å². The van der Waals surface area contributed by atoms with Crippen LogP contribution >= 0.6 is 15.9 Å². The van der Waals surface area contributed by atoms with Gasteiger partial charge in [0.2, 0.25) is 0 Å². The number of barbiturate groups is 1. The maximum atomic E-state index is 13.0. The molecule has 0 saturated carbocycles. The zero-order chi connectivity index (χ0) is 22.5. The van der Waals surface area contributed by atoms with Crippen LogP contribution < -0.4 is 19.7 Å². The molecule has 8 nitrogen and oxygen atoms in total. The van der Waals surface area contributed by atoms with Gasteiger partial charge in [0.1, 0.15) is 11.3 Å². The molecule has 3 rings (SSSR count). The van der Waals surface area contributed by atoms with Crippen molar-refractivity contribution in [2.75, 3.05) is 18.1 Å². The zero-order valence-electron chi connectivity index (χ0n) is 17.0. The van der Waals surface area contributed by atoms with Crippen LogP contribution in [0.1, 0.15) is 25.8 Å². The molecular formula is C22H21BrN2O6. The normalized spacial score (nSPS) is 15.3. The van der Waals surface area contributed by atoms with Crippen molar-refractivity contribution >= 4 is 45.5 Å². The second kappa shape index (κ2) is 9.65. The number of aromatic hydroxyl groups is 1. The van der Waals surface area contributed by atoms with Crippen LogP contribution in [0.4, 0.5) is 10.5 Å². The molecule has 9 heteroatoms. The number of carbonyl (C=O) groups is 3. The van der Waals surface area contributed by atoms with Crippen molar-refractivity contribution in [1.29, 1.82) is 0 Å². The number of nitrogens with zero attached hydrogens (tertiary/aromatic N) is 1. The van der Waals surface area contributed by atoms with E-state index in [1.807, 2.05) is 13.8 Å². The molecule has 0 spiro atoms. The minimum Gasteiger partial charge on any atom is -0.508 e. The lowest BCUT2D eigenvalue weighted by Crippen LogP contribution is -2.54. The van der Waals surface area contributed by atoms with Crippen LogP contribution in [-0.2, 0) is 9.59 Å². The van der Waals surface area contributed by atoms with Crippen molar-refractivity contribution in [1.82, 2.24) is 5.32 Å². The quantitative estimate of drug-likeness (QED) is 0.450. The van der Waals surface area contributed by atoms with Crippen molar-refractivity contribution in [3.63, 3.8) is 0 Å². The van der Waals surface area contributed by atoms with Crippen LogP contribution in [0.3, 0.4) is 0 Å². The van der Waals surface area contributed by atoms with Crippen molar-refractivity contribution in [2.24, 2.45) is 0 Å². The number of hydrogen-bond donors (Lipinski definition) is 2. The predicted octanol–water partition coefficient (Wildman–Crippen LogP) is 4.01. The monoisotopic (exact) mass is 488 g/mol. The summed E-state index contributed by atoms with van der Waals surface area (Å²) < 4.78 is 12.0. The molecule has 1 aliphatic heterocycles. The van der Waals surface area contributed by atoms with E-state index < -0.39 is 17.8 Å². The van der Waals surface area contributed by atoms with Crippen molar-refractivity contribution in [3.8, 4) is 17.2 Å². The summed E-state index contributed by atoms with van der Waals surface area (Å²) in [5.74, 6) is -0.595. The van der Waals surface area contributed by atoms with Gasteiger partial charge < -0.3 is 14.6 Å². The summed E-state index contributed by atoms with van der Waals surface area (Å²) in [5, 5.41) is 11.6. The molecule has 1 saturated heterocycles. The smallest absolute Gasteiger partial charge is 0.335 e. The van der Waals surface area contributed by atoms with Crippen molar-refractivity contribution in [3.05, 3.63) is 52.0 Å². The summed E-state index contributed by atoms with van der Waals surface area (Å²) in [5.41, 5.74) is 0.514. The number of phenols is 1. The molecule has 0 aromatic heterocycles. The number of anilines is 1. The van der Waals surface area contributed by atoms with Gasteiger partial charge in [0.25, 0.3) is 11.8 Å². The first-order valence-electron chi connectivity index (χ1n) is 9.65. The number of rotatable bonds is 7. The molecule has 1 fully saturated rings. The van der Waals surface area contributed by atoms with Gasteiger partial charge in [-0.25, -0.2) is 9.69 Å². The number of benzene rings is 2. The first-order valence-corrected chi connectivity index (χ1v) is 10.4. The highest BCUT2D eigenvalue weighted by molar-refractivity contribution is 9.10. The molecule has 0 radical (unpaired) electrons. The Bertz CT molecular complexity index is 1050. The van der Waals surface area contributed by atoms with Gasteiger partial charge in [0.15, 0.2) is 11.5 Å². The van der Waals surface area contributed by atoms with Gasteiger partial charge in [-0.05, 0) is 77.3 Å². The van der Waals surface area contributed by atoms with Gasteiger partial charge >= 0.3 is 6.03 Å². The first-order chi connectivity index (χ1) is 14.8. The summed E-state index contributed by atoms with van der Waals surface area (Å²) in [6, 6.07) is 7.99. The van der Waals surface area contributed by atoms with Crippen LogP contribution in [0.5, 0.6) is 17.2 Å². The Morgan fingerprint density at radius 3 is 2.45 bits per heavy atom. The summed E-state index contributed by atoms with van der Waals surface area (Å²) in [7, 11) is 0. The van der Waals surface area contributed by atoms with E-state index in [1.165, 1.54) is 30.3 Å². The summed E-state index contributed by atoms with van der Waals surface area (Å²) in [6.45, 7) is 4.73. The number of urea groups is 1. The van der Waals surface area contributed by atoms with Gasteiger partial charge in [0.05, 0.1) is 23.4 Å². The first kappa shape index (κ1) is 22.4. The Labute approximate surface area is 187 Å². The lowest BCUT2D eigenvalue weighted by atomic mass is 10.1. The van der Waals surface area contributed by atoms with Gasteiger partial charge in [-0.15, -0.1) is 0 Å². The van der Waals surface area contributed by atoms with Crippen LogP contribution in [0.25, 0.3) is 6.08 Å². The minimum absolute atomic E-state index is 0.0147. The van der Waals surface area contributed by atoms with E-state index in [0.717, 1.165) is 11.3 Å². The third-order valence-corrected chi connectivity index (χ3v) is 4.89. The fraction of sp³-hybridized carbons (Fsp3) is 0.227. The molecule has 1 heterocycles.